The molecule has 0 fully saturated rings. The van der Waals surface area contributed by atoms with E-state index in [4.69, 9.17) is 26.1 Å². The second kappa shape index (κ2) is 32.8. The molecule has 0 spiro atoms. The maximum absolute atomic E-state index is 13.6. The van der Waals surface area contributed by atoms with Gasteiger partial charge in [-0.1, -0.05) is 149 Å². The summed E-state index contributed by atoms with van der Waals surface area (Å²) in [6.45, 7) is 15.8. The van der Waals surface area contributed by atoms with Gasteiger partial charge in [0.2, 0.25) is 5.78 Å². The Morgan fingerprint density at radius 2 is 0.847 bits per heavy atom. The minimum Gasteiger partial charge on any atom is -0.341 e. The first-order valence-electron chi connectivity index (χ1n) is 31.8. The highest BCUT2D eigenvalue weighted by Gasteiger charge is 2.21. The zero-order chi connectivity index (χ0) is 69.4. The standard InChI is InChI=1S/C32H27ClN2O3S.C26H24N2O3.C23H19NO3S/c1-4-35-30-14-10-23(20(2)34-38-21(3)36)16-27(30)28-17-24(11-15-31(28)35)32(37)26-13-12-25(18-29(26)33)39-19-22-8-6-5-7-9-22;1-5-28-24-12-10-19(17(3)27-31-18(4)29)14-22(24)23-15-20(11-13-25(23)28)26(30)21-9-7-6-8-16(21)2;1-2-21(24-27-23(26)18-9-5-3-6-10-18)22(25)17-13-15-20(16-14-17)28-19-11-7-4-8-12-19/h5-18H,4,19H2,1-3H3;6-15H,5H2,1-4H3;3-16H,2H2,1H3/b34-20+;27-17+;24-21+. The van der Waals surface area contributed by atoms with Gasteiger partial charge in [-0.2, -0.15) is 0 Å². The molecule has 17 heteroatoms. The topological polar surface area (TPSA) is 177 Å². The molecule has 0 unspecified atom stereocenters. The number of fused-ring (bicyclic) bond motifs is 6. The van der Waals surface area contributed by atoms with Gasteiger partial charge in [-0.25, -0.2) is 14.4 Å². The number of rotatable bonds is 20. The summed E-state index contributed by atoms with van der Waals surface area (Å²) in [6.07, 6.45) is 0.363. The largest absolute Gasteiger partial charge is 0.365 e. The van der Waals surface area contributed by atoms with E-state index in [2.05, 4.69) is 50.6 Å². The number of benzene rings is 10. The smallest absolute Gasteiger partial charge is 0.341 e. The van der Waals surface area contributed by atoms with Gasteiger partial charge in [0.25, 0.3) is 0 Å². The van der Waals surface area contributed by atoms with Crippen LogP contribution in [0.2, 0.25) is 5.02 Å². The Morgan fingerprint density at radius 1 is 0.418 bits per heavy atom. The molecule has 0 aliphatic heterocycles. The van der Waals surface area contributed by atoms with E-state index < -0.39 is 17.9 Å². The maximum atomic E-state index is 13.6. The summed E-state index contributed by atoms with van der Waals surface area (Å²) in [6, 6.07) is 73.1. The van der Waals surface area contributed by atoms with Crippen molar-refractivity contribution < 1.29 is 43.3 Å². The highest BCUT2D eigenvalue weighted by Crippen LogP contribution is 2.36. The van der Waals surface area contributed by atoms with Crippen LogP contribution in [0, 0.1) is 6.92 Å². The lowest BCUT2D eigenvalue weighted by atomic mass is 9.97. The van der Waals surface area contributed by atoms with Gasteiger partial charge in [0.1, 0.15) is 5.71 Å². The molecule has 12 aromatic rings. The second-order valence-corrected chi connectivity index (χ2v) is 25.3. The highest BCUT2D eigenvalue weighted by atomic mass is 35.5. The van der Waals surface area contributed by atoms with E-state index in [1.165, 1.54) is 19.4 Å². The van der Waals surface area contributed by atoms with Crippen molar-refractivity contribution in [2.75, 3.05) is 0 Å². The van der Waals surface area contributed by atoms with Crippen molar-refractivity contribution in [3.05, 3.63) is 291 Å². The van der Waals surface area contributed by atoms with Crippen molar-refractivity contribution in [3.8, 4) is 0 Å². The third kappa shape index (κ3) is 16.9. The second-order valence-electron chi connectivity index (χ2n) is 22.7. The molecule has 10 aromatic carbocycles. The Morgan fingerprint density at radius 3 is 1.33 bits per heavy atom. The lowest BCUT2D eigenvalue weighted by Gasteiger charge is -2.08. The van der Waals surface area contributed by atoms with Gasteiger partial charge in [0.05, 0.1) is 22.0 Å². The number of halogens is 1. The number of ketones is 3. The molecular formula is C81H70ClN5O9S2. The third-order valence-electron chi connectivity index (χ3n) is 16.1. The van der Waals surface area contributed by atoms with Gasteiger partial charge in [-0.3, -0.25) is 14.4 Å². The summed E-state index contributed by atoms with van der Waals surface area (Å²) in [5, 5.41) is 16.1. The Hall–Kier alpha value is -10.8. The molecule has 0 saturated carbocycles. The van der Waals surface area contributed by atoms with Crippen molar-refractivity contribution in [1.29, 1.82) is 0 Å². The van der Waals surface area contributed by atoms with Crippen LogP contribution in [0.3, 0.4) is 0 Å². The average Bonchev–Trinajstić information content (AvgIpc) is 1.60. The number of hydrogen-bond donors (Lipinski definition) is 0. The molecule has 0 amide bonds. The summed E-state index contributed by atoms with van der Waals surface area (Å²) in [4.78, 5) is 91.4. The predicted octanol–water partition coefficient (Wildman–Crippen LogP) is 19.6. The lowest BCUT2D eigenvalue weighted by Crippen LogP contribution is -2.15. The molecular weight excluding hydrogens is 1290 g/mol. The number of hydrogen-bond acceptors (Lipinski definition) is 14. The Balaban J connectivity index is 0.000000162. The van der Waals surface area contributed by atoms with Crippen LogP contribution < -0.4 is 0 Å². The Bertz CT molecular complexity index is 5060. The monoisotopic (exact) mass is 1360 g/mol. The van der Waals surface area contributed by atoms with Crippen molar-refractivity contribution in [1.82, 2.24) is 9.13 Å². The van der Waals surface area contributed by atoms with E-state index in [1.807, 2.05) is 183 Å². The number of carbonyl (C=O) groups excluding carboxylic acids is 6. The van der Waals surface area contributed by atoms with Crippen LogP contribution >= 0.6 is 35.1 Å². The Kier molecular flexibility index (Phi) is 23.4. The Labute approximate surface area is 581 Å². The summed E-state index contributed by atoms with van der Waals surface area (Å²) in [5.74, 6) is -1.04. The lowest BCUT2D eigenvalue weighted by molar-refractivity contribution is -0.141. The zero-order valence-corrected chi connectivity index (χ0v) is 57.8. The fraction of sp³-hybridized carbons (Fsp3) is 0.148. The van der Waals surface area contributed by atoms with Gasteiger partial charge in [0.15, 0.2) is 11.6 Å². The number of oxime groups is 3. The van der Waals surface area contributed by atoms with Crippen LogP contribution in [0.5, 0.6) is 0 Å². The van der Waals surface area contributed by atoms with Crippen LogP contribution in [0.4, 0.5) is 0 Å². The van der Waals surface area contributed by atoms with E-state index in [1.54, 1.807) is 86.8 Å². The number of aryl methyl sites for hydroxylation is 3. The molecule has 2 heterocycles. The molecule has 492 valence electrons. The van der Waals surface area contributed by atoms with E-state index in [0.717, 1.165) is 93.8 Å². The summed E-state index contributed by atoms with van der Waals surface area (Å²) >= 11 is 9.92. The fourth-order valence-corrected chi connectivity index (χ4v) is 13.2. The molecule has 0 N–H and O–H groups in total. The number of Topliss-reactive ketones (excluding diaryl/α,β-unsaturated/α-hetero) is 1. The fourth-order valence-electron chi connectivity index (χ4n) is 11.1. The molecule has 0 bridgehead atoms. The van der Waals surface area contributed by atoms with Crippen LogP contribution in [-0.4, -0.2) is 61.5 Å². The molecule has 12 rings (SSSR count). The predicted molar refractivity (Wildman–Crippen MR) is 395 cm³/mol. The van der Waals surface area contributed by atoms with Crippen LogP contribution in [-0.2, 0) is 42.9 Å². The van der Waals surface area contributed by atoms with E-state index in [-0.39, 0.29) is 23.1 Å². The van der Waals surface area contributed by atoms with Crippen LogP contribution in [0.1, 0.15) is 130 Å². The first kappa shape index (κ1) is 70.0. The number of carbonyl (C=O) groups is 6. The van der Waals surface area contributed by atoms with Gasteiger partial charge < -0.3 is 23.6 Å². The van der Waals surface area contributed by atoms with Gasteiger partial charge in [-0.05, 0) is 191 Å². The van der Waals surface area contributed by atoms with Crippen LogP contribution in [0.25, 0.3) is 43.6 Å². The third-order valence-corrected chi connectivity index (χ3v) is 18.5. The molecule has 98 heavy (non-hydrogen) atoms. The first-order chi connectivity index (χ1) is 47.4. The zero-order valence-electron chi connectivity index (χ0n) is 55.4. The quantitative estimate of drug-likeness (QED) is 0.0233. The minimum atomic E-state index is -0.589. The highest BCUT2D eigenvalue weighted by molar-refractivity contribution is 7.99. The molecule has 0 aliphatic rings. The number of thioether (sulfide) groups is 1. The van der Waals surface area contributed by atoms with E-state index in [9.17, 15) is 28.8 Å². The molecule has 2 aromatic heterocycles. The molecule has 0 radical (unpaired) electrons. The minimum absolute atomic E-state index is 0.0150. The SMILES string of the molecule is CC/C(=N\OC(=O)c1ccccc1)C(=O)c1ccc(Sc2ccccc2)cc1.CCn1c2ccc(C(=O)c3ccc(SCc4ccccc4)cc3Cl)cc2c2cc(/C(C)=N/OC(C)=O)ccc21.CCn1c2ccc(C(=O)c3ccccc3C)cc2c2cc(/C(C)=N/OC(C)=O)ccc21. The number of aromatic nitrogens is 2. The van der Waals surface area contributed by atoms with Gasteiger partial charge in [0, 0.05) is 119 Å². The summed E-state index contributed by atoms with van der Waals surface area (Å²) in [7, 11) is 0. The molecule has 0 saturated heterocycles. The van der Waals surface area contributed by atoms with Crippen molar-refractivity contribution >= 4 is 131 Å². The summed E-state index contributed by atoms with van der Waals surface area (Å²) in [5.41, 5.74) is 12.9. The average molecular weight is 1360 g/mol. The summed E-state index contributed by atoms with van der Waals surface area (Å²) < 4.78 is 4.45. The van der Waals surface area contributed by atoms with Gasteiger partial charge >= 0.3 is 17.9 Å². The van der Waals surface area contributed by atoms with Crippen molar-refractivity contribution in [2.24, 2.45) is 15.5 Å². The normalized spacial score (nSPS) is 11.6. The maximum Gasteiger partial charge on any atom is 0.365 e. The molecule has 14 nitrogen and oxygen atoms in total. The molecule has 0 aliphatic carbocycles. The molecule has 0 atom stereocenters. The first-order valence-corrected chi connectivity index (χ1v) is 34.0. The van der Waals surface area contributed by atoms with Crippen LogP contribution in [0.15, 0.2) is 261 Å². The van der Waals surface area contributed by atoms with Gasteiger partial charge in [-0.15, -0.1) is 11.8 Å². The van der Waals surface area contributed by atoms with Crippen molar-refractivity contribution in [2.45, 2.75) is 95.3 Å². The van der Waals surface area contributed by atoms with E-state index in [0.29, 0.717) is 56.2 Å². The number of nitrogens with zero attached hydrogens (tertiary/aromatic N) is 5. The van der Waals surface area contributed by atoms with Crippen molar-refractivity contribution in [3.63, 3.8) is 0 Å². The van der Waals surface area contributed by atoms with E-state index >= 15 is 0 Å².